The van der Waals surface area contributed by atoms with E-state index < -0.39 is 4.75 Å². The van der Waals surface area contributed by atoms with Gasteiger partial charge in [0.25, 0.3) is 5.91 Å². The van der Waals surface area contributed by atoms with E-state index in [-0.39, 0.29) is 11.7 Å². The van der Waals surface area contributed by atoms with Gasteiger partial charge >= 0.3 is 0 Å². The Hall–Kier alpha value is -2.71. The number of carbonyl (C=O) groups is 1. The lowest BCUT2D eigenvalue weighted by Crippen LogP contribution is -2.36. The van der Waals surface area contributed by atoms with Crippen LogP contribution in [0.1, 0.15) is 56.1 Å². The van der Waals surface area contributed by atoms with Crippen LogP contribution in [0.3, 0.4) is 0 Å². The largest absolute Gasteiger partial charge is 0.378 e. The second-order valence-electron chi connectivity index (χ2n) is 8.50. The molecular formula is C28H39FN4O2S. The standard InChI is InChI=1S/C24H27FN4O2S.2C2H6/c1-24(32,14-16-5-4-6-18(25)11-16)19-12-17(23(30)28(2)3)13-20-22(19)27-21(15-26-20)29-7-9-31-10-8-29;2*1-2/h4-6,11-13,15,32H,7-10,14H2,1-3H3;2*1-2H3. The van der Waals surface area contributed by atoms with E-state index in [2.05, 4.69) is 9.88 Å². The third kappa shape index (κ3) is 7.17. The molecule has 0 radical (unpaired) electrons. The number of hydrogen-bond donors (Lipinski definition) is 1. The van der Waals surface area contributed by atoms with E-state index in [1.54, 1.807) is 32.4 Å². The summed E-state index contributed by atoms with van der Waals surface area (Å²) in [5.41, 5.74) is 3.44. The number of fused-ring (bicyclic) bond motifs is 1. The number of halogens is 1. The first-order chi connectivity index (χ1) is 17.2. The first-order valence-electron chi connectivity index (χ1n) is 12.6. The van der Waals surface area contributed by atoms with Crippen LogP contribution in [-0.4, -0.2) is 61.2 Å². The first-order valence-corrected chi connectivity index (χ1v) is 13.0. The Kier molecular flexibility index (Phi) is 11.1. The molecule has 36 heavy (non-hydrogen) atoms. The number of anilines is 1. The van der Waals surface area contributed by atoms with Gasteiger partial charge in [-0.3, -0.25) is 9.78 Å². The average Bonchev–Trinajstić information content (AvgIpc) is 2.89. The Morgan fingerprint density at radius 3 is 2.42 bits per heavy atom. The summed E-state index contributed by atoms with van der Waals surface area (Å²) >= 11 is 4.98. The molecule has 4 rings (SSSR count). The minimum Gasteiger partial charge on any atom is -0.378 e. The van der Waals surface area contributed by atoms with Crippen molar-refractivity contribution in [2.45, 2.75) is 45.8 Å². The van der Waals surface area contributed by atoms with Crippen molar-refractivity contribution in [3.05, 3.63) is 65.1 Å². The third-order valence-corrected chi connectivity index (χ3v) is 6.04. The van der Waals surface area contributed by atoms with Gasteiger partial charge in [0.2, 0.25) is 0 Å². The van der Waals surface area contributed by atoms with Crippen LogP contribution in [0, 0.1) is 5.82 Å². The normalized spacial score (nSPS) is 14.6. The molecule has 3 aromatic rings. The molecule has 1 aliphatic heterocycles. The number of morpholine rings is 1. The zero-order chi connectivity index (χ0) is 26.9. The van der Waals surface area contributed by atoms with Crippen molar-refractivity contribution in [3.8, 4) is 0 Å². The maximum atomic E-state index is 13.8. The molecule has 6 nitrogen and oxygen atoms in total. The van der Waals surface area contributed by atoms with Gasteiger partial charge in [-0.05, 0) is 48.7 Å². The second-order valence-corrected chi connectivity index (χ2v) is 9.49. The van der Waals surface area contributed by atoms with E-state index in [0.717, 1.165) is 30.0 Å². The minimum atomic E-state index is -0.715. The van der Waals surface area contributed by atoms with Crippen LogP contribution < -0.4 is 4.90 Å². The summed E-state index contributed by atoms with van der Waals surface area (Å²) in [5, 5.41) is 0. The Balaban J connectivity index is 0.00000109. The summed E-state index contributed by atoms with van der Waals surface area (Å²) in [4.78, 5) is 26.0. The number of thiol groups is 1. The van der Waals surface area contributed by atoms with Crippen LogP contribution in [-0.2, 0) is 15.9 Å². The highest BCUT2D eigenvalue weighted by Crippen LogP contribution is 2.37. The average molecular weight is 515 g/mol. The quantitative estimate of drug-likeness (QED) is 0.440. The number of ether oxygens (including phenoxy) is 1. The number of benzene rings is 2. The number of rotatable bonds is 5. The van der Waals surface area contributed by atoms with Crippen LogP contribution in [0.25, 0.3) is 11.0 Å². The smallest absolute Gasteiger partial charge is 0.253 e. The van der Waals surface area contributed by atoms with Crippen molar-refractivity contribution in [2.75, 3.05) is 45.3 Å². The van der Waals surface area contributed by atoms with Crippen LogP contribution in [0.5, 0.6) is 0 Å². The lowest BCUT2D eigenvalue weighted by Gasteiger charge is -2.29. The van der Waals surface area contributed by atoms with E-state index in [1.807, 2.05) is 46.8 Å². The molecule has 1 atom stereocenters. The van der Waals surface area contributed by atoms with E-state index in [4.69, 9.17) is 22.3 Å². The third-order valence-electron chi connectivity index (χ3n) is 5.64. The molecule has 1 aliphatic rings. The molecular weight excluding hydrogens is 475 g/mol. The van der Waals surface area contributed by atoms with Gasteiger partial charge in [-0.25, -0.2) is 9.37 Å². The summed E-state index contributed by atoms with van der Waals surface area (Å²) in [6.45, 7) is 12.7. The van der Waals surface area contributed by atoms with E-state index >= 15 is 0 Å². The predicted molar refractivity (Wildman–Crippen MR) is 150 cm³/mol. The van der Waals surface area contributed by atoms with Crippen molar-refractivity contribution >= 4 is 35.4 Å². The maximum Gasteiger partial charge on any atom is 0.253 e. The fourth-order valence-corrected chi connectivity index (χ4v) is 4.34. The van der Waals surface area contributed by atoms with Gasteiger partial charge < -0.3 is 14.5 Å². The maximum absolute atomic E-state index is 13.8. The summed E-state index contributed by atoms with van der Waals surface area (Å²) in [5.74, 6) is 0.355. The van der Waals surface area contributed by atoms with Gasteiger partial charge in [0.15, 0.2) is 0 Å². The van der Waals surface area contributed by atoms with Gasteiger partial charge in [-0.1, -0.05) is 39.8 Å². The van der Waals surface area contributed by atoms with Crippen molar-refractivity contribution in [1.29, 1.82) is 0 Å². The van der Waals surface area contributed by atoms with Crippen LogP contribution in [0.2, 0.25) is 0 Å². The summed E-state index contributed by atoms with van der Waals surface area (Å²) in [6, 6.07) is 10.1. The van der Waals surface area contributed by atoms with Gasteiger partial charge in [0.05, 0.1) is 30.4 Å². The molecule has 0 spiro atoms. The van der Waals surface area contributed by atoms with Gasteiger partial charge in [0, 0.05) is 37.5 Å². The molecule has 1 fully saturated rings. The van der Waals surface area contributed by atoms with E-state index in [1.165, 1.54) is 17.0 Å². The molecule has 0 aliphatic carbocycles. The molecule has 0 saturated carbocycles. The molecule has 1 unspecified atom stereocenters. The number of carbonyl (C=O) groups excluding carboxylic acids is 1. The molecule has 2 heterocycles. The van der Waals surface area contributed by atoms with Crippen molar-refractivity contribution < 1.29 is 13.9 Å². The van der Waals surface area contributed by atoms with Gasteiger partial charge in [0.1, 0.15) is 11.6 Å². The van der Waals surface area contributed by atoms with Crippen LogP contribution >= 0.6 is 12.6 Å². The Labute approximate surface area is 220 Å². The number of aromatic nitrogens is 2. The molecule has 2 aromatic carbocycles. The Morgan fingerprint density at radius 1 is 1.14 bits per heavy atom. The van der Waals surface area contributed by atoms with Crippen LogP contribution in [0.4, 0.5) is 10.2 Å². The molecule has 8 heteroatoms. The van der Waals surface area contributed by atoms with Crippen molar-refractivity contribution in [2.24, 2.45) is 0 Å². The lowest BCUT2D eigenvalue weighted by molar-refractivity contribution is 0.0827. The highest BCUT2D eigenvalue weighted by atomic mass is 32.1. The SMILES string of the molecule is CC.CC.CN(C)C(=O)c1cc(C(C)(S)Cc2cccc(F)c2)c2nc(N3CCOCC3)cnc2c1. The van der Waals surface area contributed by atoms with Crippen molar-refractivity contribution in [1.82, 2.24) is 14.9 Å². The van der Waals surface area contributed by atoms with Gasteiger partial charge in [-0.15, -0.1) is 0 Å². The number of nitrogens with zero attached hydrogens (tertiary/aromatic N) is 4. The van der Waals surface area contributed by atoms with Gasteiger partial charge in [-0.2, -0.15) is 12.6 Å². The molecule has 1 aromatic heterocycles. The van der Waals surface area contributed by atoms with Crippen molar-refractivity contribution in [3.63, 3.8) is 0 Å². The highest BCUT2D eigenvalue weighted by molar-refractivity contribution is 7.81. The Bertz CT molecular complexity index is 1150. The molecule has 0 N–H and O–H groups in total. The molecule has 196 valence electrons. The zero-order valence-electron chi connectivity index (χ0n) is 22.5. The summed E-state index contributed by atoms with van der Waals surface area (Å²) in [7, 11) is 3.43. The zero-order valence-corrected chi connectivity index (χ0v) is 23.4. The van der Waals surface area contributed by atoms with Crippen LogP contribution in [0.15, 0.2) is 42.6 Å². The van der Waals surface area contributed by atoms with E-state index in [0.29, 0.717) is 36.2 Å². The molecule has 1 saturated heterocycles. The second kappa shape index (κ2) is 13.6. The first kappa shape index (κ1) is 29.5. The number of hydrogen-bond acceptors (Lipinski definition) is 6. The molecule has 0 bridgehead atoms. The fourth-order valence-electron chi connectivity index (χ4n) is 3.98. The number of amides is 1. The summed E-state index contributed by atoms with van der Waals surface area (Å²) < 4.78 is 18.5. The van der Waals surface area contributed by atoms with E-state index in [9.17, 15) is 9.18 Å². The summed E-state index contributed by atoms with van der Waals surface area (Å²) in [6.07, 6.45) is 2.20. The fraction of sp³-hybridized carbons (Fsp3) is 0.464. The Morgan fingerprint density at radius 2 is 1.81 bits per heavy atom. The lowest BCUT2D eigenvalue weighted by atomic mass is 9.90. The highest BCUT2D eigenvalue weighted by Gasteiger charge is 2.28. The topological polar surface area (TPSA) is 58.6 Å². The minimum absolute atomic E-state index is 0.123. The molecule has 1 amide bonds. The monoisotopic (exact) mass is 514 g/mol. The predicted octanol–water partition coefficient (Wildman–Crippen LogP) is 5.75.